The summed E-state index contributed by atoms with van der Waals surface area (Å²) in [4.78, 5) is 0. The van der Waals surface area contributed by atoms with Crippen LogP contribution in [0.5, 0.6) is 0 Å². The maximum absolute atomic E-state index is 4.37. The molecule has 1 aromatic heterocycles. The van der Waals surface area contributed by atoms with Gasteiger partial charge in [-0.25, -0.2) is 0 Å². The molecule has 1 heterocycles. The minimum absolute atomic E-state index is 1.19. The third-order valence-corrected chi connectivity index (χ3v) is 2.10. The Morgan fingerprint density at radius 2 is 1.92 bits per heavy atom. The highest BCUT2D eigenvalue weighted by molar-refractivity contribution is 5.19. The molecule has 0 aromatic carbocycles. The fourth-order valence-electron chi connectivity index (χ4n) is 1.61. The van der Waals surface area contributed by atoms with E-state index in [1.807, 2.05) is 25.6 Å². The van der Waals surface area contributed by atoms with E-state index in [9.17, 15) is 0 Å². The monoisotopic (exact) mass is 166 g/mol. The molecular formula is C10H18N2. The molecule has 0 aliphatic heterocycles. The largest absolute Gasteiger partial charge is 0.275 e. The van der Waals surface area contributed by atoms with Gasteiger partial charge in [0, 0.05) is 13.2 Å². The number of aromatic nitrogens is 2. The molecule has 0 atom stereocenters. The summed E-state index contributed by atoms with van der Waals surface area (Å²) in [6.07, 6.45) is 7.25. The molecule has 1 aromatic rings. The van der Waals surface area contributed by atoms with Crippen LogP contribution in [-0.4, -0.2) is 9.78 Å². The number of nitrogens with zero attached hydrogens (tertiary/aromatic N) is 2. The summed E-state index contributed by atoms with van der Waals surface area (Å²) >= 11 is 0. The quantitative estimate of drug-likeness (QED) is 0.578. The fourth-order valence-corrected chi connectivity index (χ4v) is 1.61. The van der Waals surface area contributed by atoms with Crippen LogP contribution < -0.4 is 0 Å². The highest BCUT2D eigenvalue weighted by atomic mass is 15.2. The van der Waals surface area contributed by atoms with Gasteiger partial charge in [0.1, 0.15) is 0 Å². The first-order valence-electron chi connectivity index (χ1n) is 4.87. The van der Waals surface area contributed by atoms with Crippen molar-refractivity contribution >= 4 is 0 Å². The molecular weight excluding hydrogens is 148 g/mol. The zero-order valence-electron chi connectivity index (χ0n) is 8.30. The van der Waals surface area contributed by atoms with Crippen LogP contribution in [0, 0.1) is 0 Å². The van der Waals surface area contributed by atoms with Crippen LogP contribution in [0.2, 0.25) is 0 Å². The average molecular weight is 166 g/mol. The Morgan fingerprint density at radius 1 is 1.25 bits per heavy atom. The van der Waals surface area contributed by atoms with Gasteiger partial charge in [-0.2, -0.15) is 5.10 Å². The van der Waals surface area contributed by atoms with Crippen molar-refractivity contribution in [1.29, 1.82) is 0 Å². The Bertz CT molecular complexity index is 214. The minimum atomic E-state index is 1.19. The van der Waals surface area contributed by atoms with E-state index in [4.69, 9.17) is 0 Å². The lowest BCUT2D eigenvalue weighted by Gasteiger charge is -2.06. The lowest BCUT2D eigenvalue weighted by Crippen LogP contribution is -1.99. The van der Waals surface area contributed by atoms with Gasteiger partial charge < -0.3 is 0 Å². The second kappa shape index (κ2) is 4.29. The van der Waals surface area contributed by atoms with E-state index in [0.717, 1.165) is 0 Å². The summed E-state index contributed by atoms with van der Waals surface area (Å²) in [6, 6.07) is 0. The van der Waals surface area contributed by atoms with Crippen LogP contribution in [-0.2, 0) is 19.9 Å². The maximum atomic E-state index is 4.37. The molecule has 0 N–H and O–H groups in total. The van der Waals surface area contributed by atoms with Crippen LogP contribution in [0.1, 0.15) is 37.9 Å². The standard InChI is InChI=1S/C8H12N2.C2H6/c1-10-6-7-4-2-3-5-8(7)9-10;1-2/h6H,2-5H2,1H3;1-2H3. The molecule has 0 fully saturated rings. The summed E-state index contributed by atoms with van der Waals surface area (Å²) in [7, 11) is 2.00. The second-order valence-electron chi connectivity index (χ2n) is 2.98. The minimum Gasteiger partial charge on any atom is -0.275 e. The van der Waals surface area contributed by atoms with E-state index in [0.29, 0.717) is 0 Å². The number of aryl methyl sites for hydroxylation is 3. The Morgan fingerprint density at radius 3 is 2.58 bits per heavy atom. The van der Waals surface area contributed by atoms with E-state index < -0.39 is 0 Å². The van der Waals surface area contributed by atoms with Crippen molar-refractivity contribution in [3.63, 3.8) is 0 Å². The number of rotatable bonds is 0. The zero-order valence-corrected chi connectivity index (χ0v) is 8.30. The highest BCUT2D eigenvalue weighted by Crippen LogP contribution is 2.18. The van der Waals surface area contributed by atoms with Gasteiger partial charge in [-0.05, 0) is 31.2 Å². The van der Waals surface area contributed by atoms with Crippen LogP contribution in [0.15, 0.2) is 6.20 Å². The summed E-state index contributed by atoms with van der Waals surface area (Å²) in [5, 5.41) is 4.37. The average Bonchev–Trinajstić information content (AvgIpc) is 2.48. The summed E-state index contributed by atoms with van der Waals surface area (Å²) < 4.78 is 1.93. The van der Waals surface area contributed by atoms with Crippen molar-refractivity contribution < 1.29 is 0 Å². The van der Waals surface area contributed by atoms with Gasteiger partial charge in [-0.3, -0.25) is 4.68 Å². The molecule has 2 nitrogen and oxygen atoms in total. The Hall–Kier alpha value is -0.790. The van der Waals surface area contributed by atoms with Crippen LogP contribution in [0.3, 0.4) is 0 Å². The van der Waals surface area contributed by atoms with Gasteiger partial charge in [0.05, 0.1) is 5.69 Å². The molecule has 0 radical (unpaired) electrons. The lowest BCUT2D eigenvalue weighted by atomic mass is 9.99. The normalized spacial score (nSPS) is 14.6. The molecule has 2 heteroatoms. The summed E-state index contributed by atoms with van der Waals surface area (Å²) in [5.74, 6) is 0. The van der Waals surface area contributed by atoms with Crippen molar-refractivity contribution in [2.24, 2.45) is 7.05 Å². The molecule has 12 heavy (non-hydrogen) atoms. The van der Waals surface area contributed by atoms with Crippen LogP contribution in [0.4, 0.5) is 0 Å². The van der Waals surface area contributed by atoms with Gasteiger partial charge >= 0.3 is 0 Å². The van der Waals surface area contributed by atoms with Crippen molar-refractivity contribution in [3.8, 4) is 0 Å². The smallest absolute Gasteiger partial charge is 0.0656 e. The summed E-state index contributed by atoms with van der Waals surface area (Å²) in [6.45, 7) is 4.00. The van der Waals surface area contributed by atoms with Gasteiger partial charge in [-0.1, -0.05) is 13.8 Å². The third-order valence-electron chi connectivity index (χ3n) is 2.10. The SMILES string of the molecule is CC.Cn1cc2c(n1)CCCC2. The third kappa shape index (κ3) is 1.87. The second-order valence-corrected chi connectivity index (χ2v) is 2.98. The lowest BCUT2D eigenvalue weighted by molar-refractivity contribution is 0.664. The van der Waals surface area contributed by atoms with Crippen molar-refractivity contribution in [2.75, 3.05) is 0 Å². The van der Waals surface area contributed by atoms with E-state index in [-0.39, 0.29) is 0 Å². The molecule has 0 amide bonds. The van der Waals surface area contributed by atoms with Crippen molar-refractivity contribution in [1.82, 2.24) is 9.78 Å². The first-order chi connectivity index (χ1) is 5.86. The summed E-state index contributed by atoms with van der Waals surface area (Å²) in [5.41, 5.74) is 2.79. The van der Waals surface area contributed by atoms with Crippen molar-refractivity contribution in [2.45, 2.75) is 39.5 Å². The Kier molecular flexibility index (Phi) is 3.32. The fraction of sp³-hybridized carbons (Fsp3) is 0.700. The van der Waals surface area contributed by atoms with Crippen LogP contribution in [0.25, 0.3) is 0 Å². The topological polar surface area (TPSA) is 17.8 Å². The predicted octanol–water partition coefficient (Wildman–Crippen LogP) is 2.33. The number of fused-ring (bicyclic) bond motifs is 1. The molecule has 1 aliphatic carbocycles. The van der Waals surface area contributed by atoms with Gasteiger partial charge in [0.25, 0.3) is 0 Å². The molecule has 68 valence electrons. The zero-order chi connectivity index (χ0) is 8.97. The molecule has 2 rings (SSSR count). The number of hydrogen-bond acceptors (Lipinski definition) is 1. The van der Waals surface area contributed by atoms with Crippen LogP contribution >= 0.6 is 0 Å². The molecule has 0 saturated heterocycles. The van der Waals surface area contributed by atoms with Gasteiger partial charge in [0.2, 0.25) is 0 Å². The molecule has 0 spiro atoms. The van der Waals surface area contributed by atoms with E-state index in [1.54, 1.807) is 0 Å². The predicted molar refractivity (Wildman–Crippen MR) is 51.2 cm³/mol. The molecule has 1 aliphatic rings. The molecule has 0 saturated carbocycles. The number of hydrogen-bond donors (Lipinski definition) is 0. The van der Waals surface area contributed by atoms with E-state index >= 15 is 0 Å². The maximum Gasteiger partial charge on any atom is 0.0656 e. The molecule has 0 unspecified atom stereocenters. The molecule has 0 bridgehead atoms. The Balaban J connectivity index is 0.000000336. The van der Waals surface area contributed by atoms with E-state index in [1.165, 1.54) is 36.9 Å². The Labute approximate surface area is 74.6 Å². The first kappa shape index (κ1) is 9.30. The van der Waals surface area contributed by atoms with Crippen molar-refractivity contribution in [3.05, 3.63) is 17.5 Å². The van der Waals surface area contributed by atoms with Gasteiger partial charge in [0.15, 0.2) is 0 Å². The van der Waals surface area contributed by atoms with Gasteiger partial charge in [-0.15, -0.1) is 0 Å². The highest BCUT2D eigenvalue weighted by Gasteiger charge is 2.11. The first-order valence-corrected chi connectivity index (χ1v) is 4.87. The van der Waals surface area contributed by atoms with E-state index in [2.05, 4.69) is 11.3 Å².